The highest BCUT2D eigenvalue weighted by Gasteiger charge is 2.07. The molecule has 0 saturated heterocycles. The quantitative estimate of drug-likeness (QED) is 0.151. The summed E-state index contributed by atoms with van der Waals surface area (Å²) in [7, 11) is 0. The normalized spacial score (nSPS) is 10.5. The van der Waals surface area contributed by atoms with Gasteiger partial charge >= 0.3 is 0 Å². The predicted molar refractivity (Wildman–Crippen MR) is 420 cm³/mol. The molecular weight excluding hydrogens is 1510 g/mol. The molecule has 92 heavy (non-hydrogen) atoms. The van der Waals surface area contributed by atoms with Crippen LogP contribution in [-0.4, -0.2) is 0 Å². The summed E-state index contributed by atoms with van der Waals surface area (Å²) >= 11 is 20.8. The van der Waals surface area contributed by atoms with Crippen LogP contribution in [-0.2, 0) is 0 Å². The lowest BCUT2D eigenvalue weighted by Gasteiger charge is -2.07. The molecule has 0 radical (unpaired) electrons. The third kappa shape index (κ3) is 17.8. The Morgan fingerprint density at radius 1 is 0.130 bits per heavy atom. The van der Waals surface area contributed by atoms with Crippen molar-refractivity contribution < 1.29 is 0 Å². The lowest BCUT2D eigenvalue weighted by atomic mass is 9.97. The minimum atomic E-state index is 1.10. The minimum absolute atomic E-state index is 1.10. The Bertz CT molecular complexity index is 4940. The van der Waals surface area contributed by atoms with Crippen molar-refractivity contribution >= 4 is 149 Å². The zero-order valence-corrected chi connectivity index (χ0v) is 59.4. The van der Waals surface area contributed by atoms with Gasteiger partial charge in [-0.25, -0.2) is 0 Å². The fraction of sp³-hybridized carbons (Fsp3) is 0. The third-order valence-electron chi connectivity index (χ3n) is 15.4. The van der Waals surface area contributed by atoms with Crippen LogP contribution < -0.4 is 0 Å². The minimum Gasteiger partial charge on any atom is -0.0622 e. The monoisotopic (exact) mass is 1570 g/mol. The van der Waals surface area contributed by atoms with E-state index in [-0.39, 0.29) is 0 Å². The molecule has 0 amide bonds. The maximum Gasteiger partial charge on any atom is 0.0187 e. The van der Waals surface area contributed by atoms with Gasteiger partial charge in [0.25, 0.3) is 0 Å². The molecule has 6 heteroatoms. The van der Waals surface area contributed by atoms with Gasteiger partial charge in [-0.05, 0) is 194 Å². The molecule has 0 N–H and O–H groups in total. The molecule has 0 saturated carbocycles. The smallest absolute Gasteiger partial charge is 0.0187 e. The van der Waals surface area contributed by atoms with Crippen LogP contribution in [0.2, 0.25) is 0 Å². The Kier molecular flexibility index (Phi) is 23.3. The van der Waals surface area contributed by atoms with Crippen molar-refractivity contribution in [3.8, 4) is 55.6 Å². The van der Waals surface area contributed by atoms with Crippen LogP contribution in [0.5, 0.6) is 0 Å². The number of hydrogen-bond donors (Lipinski definition) is 0. The van der Waals surface area contributed by atoms with Crippen molar-refractivity contribution in [2.24, 2.45) is 0 Å². The average molecular weight is 1570 g/mol. The van der Waals surface area contributed by atoms with Crippen molar-refractivity contribution in [1.29, 1.82) is 0 Å². The van der Waals surface area contributed by atoms with E-state index in [9.17, 15) is 0 Å². The molecule has 0 unspecified atom stereocenters. The molecule has 0 fully saturated rings. The summed E-state index contributed by atoms with van der Waals surface area (Å²) in [5.74, 6) is 0. The fourth-order valence-electron chi connectivity index (χ4n) is 10.8. The SMILES string of the molecule is Brc1cc(-c2ccccc2)cc(-c2ccccc2)c1.Brc1ccc(-c2ccc3c(ccc4ccccc43)c2)cc1.Brc1ccc(-c2cccc3ccccc23)cc1.Brc1ccc(-c2ccccc2)cc1.Brc1ccc2c(ccc3ccccc32)c1.Brc1ccccc1. The van der Waals surface area contributed by atoms with E-state index in [1.807, 2.05) is 48.5 Å². The second kappa shape index (κ2) is 32.8. The molecule has 0 bridgehead atoms. The van der Waals surface area contributed by atoms with E-state index in [1.54, 1.807) is 0 Å². The van der Waals surface area contributed by atoms with Gasteiger partial charge < -0.3 is 0 Å². The van der Waals surface area contributed by atoms with Gasteiger partial charge in [-0.1, -0.05) is 375 Å². The van der Waals surface area contributed by atoms with Crippen LogP contribution in [0.25, 0.3) is 109 Å². The standard InChI is InChI=1S/C20H13Br.C18H13Br.C16H11Br.C14H9Br.C12H9Br.C6H5Br/c21-18-10-7-14(8-11-18)16-9-12-20-17(13-16)6-5-15-3-1-2-4-19(15)20;19-18-12-16(14-7-3-1-4-8-14)11-17(13-18)15-9-5-2-6-10-15;17-14-10-8-13(9-11-14)16-7-3-5-12-4-1-2-6-15(12)16;15-12-7-8-14-11(9-12)6-5-10-3-1-2-4-13(10)14;13-12-8-6-11(7-9-12)10-4-2-1-3-5-10;7-6-4-2-1-3-5-6/h1-13H;1-13H;1-11H;1-9H;1-9H;1-5H. The molecule has 16 aromatic carbocycles. The van der Waals surface area contributed by atoms with Gasteiger partial charge in [0.1, 0.15) is 0 Å². The molecule has 446 valence electrons. The Morgan fingerprint density at radius 3 is 0.902 bits per heavy atom. The van der Waals surface area contributed by atoms with Crippen LogP contribution in [0.15, 0.2) is 391 Å². The molecule has 16 aromatic rings. The molecule has 0 nitrogen and oxygen atoms in total. The summed E-state index contributed by atoms with van der Waals surface area (Å²) < 4.78 is 6.71. The maximum atomic E-state index is 3.61. The second-order valence-electron chi connectivity index (χ2n) is 21.5. The van der Waals surface area contributed by atoms with E-state index < -0.39 is 0 Å². The van der Waals surface area contributed by atoms with Gasteiger partial charge in [-0.2, -0.15) is 0 Å². The topological polar surface area (TPSA) is 0 Å². The predicted octanol–water partition coefficient (Wildman–Crippen LogP) is 28.8. The molecule has 16 rings (SSSR count). The number of halogens is 6. The van der Waals surface area contributed by atoms with Crippen molar-refractivity contribution in [3.63, 3.8) is 0 Å². The Balaban J connectivity index is 0.000000116. The summed E-state index contributed by atoms with van der Waals surface area (Å²) in [6.07, 6.45) is 0. The lowest BCUT2D eigenvalue weighted by molar-refractivity contribution is 1.56. The first-order chi connectivity index (χ1) is 45.1. The van der Waals surface area contributed by atoms with Crippen LogP contribution in [0.4, 0.5) is 0 Å². The molecule has 0 spiro atoms. The summed E-state index contributed by atoms with van der Waals surface area (Å²) in [6, 6.07) is 127. The molecule has 0 aliphatic rings. The first-order valence-corrected chi connectivity index (χ1v) is 34.8. The van der Waals surface area contributed by atoms with Gasteiger partial charge in [-0.3, -0.25) is 0 Å². The summed E-state index contributed by atoms with van der Waals surface area (Å²) in [5, 5.41) is 13.0. The van der Waals surface area contributed by atoms with Crippen molar-refractivity contribution in [2.45, 2.75) is 0 Å². The summed E-state index contributed by atoms with van der Waals surface area (Å²) in [6.45, 7) is 0. The van der Waals surface area contributed by atoms with Gasteiger partial charge in [0.2, 0.25) is 0 Å². The van der Waals surface area contributed by atoms with Crippen molar-refractivity contribution in [2.75, 3.05) is 0 Å². The highest BCUT2D eigenvalue weighted by atomic mass is 79.9. The van der Waals surface area contributed by atoms with Gasteiger partial charge in [0.05, 0.1) is 0 Å². The summed E-state index contributed by atoms with van der Waals surface area (Å²) in [4.78, 5) is 0. The molecule has 0 atom stereocenters. The number of benzene rings is 16. The average Bonchev–Trinajstić information content (AvgIpc) is 1.17. The van der Waals surface area contributed by atoms with E-state index >= 15 is 0 Å². The first kappa shape index (κ1) is 65.2. The maximum absolute atomic E-state index is 3.61. The zero-order valence-electron chi connectivity index (χ0n) is 49.9. The number of fused-ring (bicyclic) bond motifs is 7. The van der Waals surface area contributed by atoms with Gasteiger partial charge in [0, 0.05) is 26.8 Å². The Labute approximate surface area is 590 Å². The van der Waals surface area contributed by atoms with Crippen LogP contribution in [0.3, 0.4) is 0 Å². The van der Waals surface area contributed by atoms with E-state index in [1.165, 1.54) is 109 Å². The first-order valence-electron chi connectivity index (χ1n) is 30.0. The number of rotatable bonds is 5. The van der Waals surface area contributed by atoms with Gasteiger partial charge in [-0.15, -0.1) is 0 Å². The largest absolute Gasteiger partial charge is 0.0622 e. The Hall–Kier alpha value is -8.30. The van der Waals surface area contributed by atoms with Crippen LogP contribution in [0.1, 0.15) is 0 Å². The van der Waals surface area contributed by atoms with Gasteiger partial charge in [0.15, 0.2) is 0 Å². The molecule has 0 heterocycles. The van der Waals surface area contributed by atoms with Crippen molar-refractivity contribution in [1.82, 2.24) is 0 Å². The zero-order chi connectivity index (χ0) is 63.4. The van der Waals surface area contributed by atoms with Crippen LogP contribution >= 0.6 is 95.6 Å². The molecule has 0 aliphatic carbocycles. The third-order valence-corrected chi connectivity index (χ3v) is 18.4. The van der Waals surface area contributed by atoms with E-state index in [4.69, 9.17) is 0 Å². The lowest BCUT2D eigenvalue weighted by Crippen LogP contribution is -1.82. The molecule has 0 aliphatic heterocycles. The highest BCUT2D eigenvalue weighted by Crippen LogP contribution is 2.34. The fourth-order valence-corrected chi connectivity index (χ4v) is 12.8. The highest BCUT2D eigenvalue weighted by molar-refractivity contribution is 9.11. The molecule has 0 aromatic heterocycles. The Morgan fingerprint density at radius 2 is 0.435 bits per heavy atom. The van der Waals surface area contributed by atoms with E-state index in [0.29, 0.717) is 0 Å². The summed E-state index contributed by atoms with van der Waals surface area (Å²) in [5.41, 5.74) is 12.5. The van der Waals surface area contributed by atoms with E-state index in [2.05, 4.69) is 411 Å². The second-order valence-corrected chi connectivity index (χ2v) is 27.0. The number of hydrogen-bond acceptors (Lipinski definition) is 0. The van der Waals surface area contributed by atoms with Crippen molar-refractivity contribution in [3.05, 3.63) is 391 Å². The van der Waals surface area contributed by atoms with E-state index in [0.717, 1.165) is 26.8 Å². The molecular formula is C86H60Br6. The van der Waals surface area contributed by atoms with Crippen LogP contribution in [0, 0.1) is 0 Å².